The molecular formula is C14H16FN7. The molecule has 0 saturated carbocycles. The zero-order chi connectivity index (χ0) is 15.4. The monoisotopic (exact) mass is 301 g/mol. The molecule has 114 valence electrons. The number of nitrogens with zero attached hydrogens (tertiary/aromatic N) is 7. The third kappa shape index (κ3) is 3.01. The third-order valence-electron chi connectivity index (χ3n) is 3.73. The second-order valence-corrected chi connectivity index (χ2v) is 5.23. The van der Waals surface area contributed by atoms with Crippen molar-refractivity contribution in [2.24, 2.45) is 5.11 Å². The number of anilines is 1. The van der Waals surface area contributed by atoms with E-state index in [1.165, 1.54) is 17.2 Å². The van der Waals surface area contributed by atoms with Gasteiger partial charge in [0, 0.05) is 24.1 Å². The lowest BCUT2D eigenvalue weighted by Gasteiger charge is -2.29. The Morgan fingerprint density at radius 2 is 2.09 bits per heavy atom. The molecule has 1 aliphatic heterocycles. The Bertz CT molecular complexity index is 699. The maximum Gasteiger partial charge on any atom is 0.148 e. The minimum absolute atomic E-state index is 0.130. The van der Waals surface area contributed by atoms with Crippen LogP contribution >= 0.6 is 0 Å². The molecule has 7 nitrogen and oxygen atoms in total. The van der Waals surface area contributed by atoms with Gasteiger partial charge in [-0.05, 0) is 36.9 Å². The summed E-state index contributed by atoms with van der Waals surface area (Å²) in [6, 6.07) is 5.06. The standard InChI is InChI=1S/C14H16FN7/c15-13-8-12(22-10-11(18-20-22)9-17-19-16)4-5-14(13)21-6-2-1-3-7-21/h4-5,8,10H,1-3,6-7,9H2. The van der Waals surface area contributed by atoms with Gasteiger partial charge in [-0.1, -0.05) is 10.3 Å². The molecule has 0 N–H and O–H groups in total. The fourth-order valence-corrected chi connectivity index (χ4v) is 2.63. The number of rotatable bonds is 4. The number of benzene rings is 1. The van der Waals surface area contributed by atoms with E-state index in [-0.39, 0.29) is 12.4 Å². The highest BCUT2D eigenvalue weighted by Gasteiger charge is 2.15. The van der Waals surface area contributed by atoms with E-state index < -0.39 is 0 Å². The van der Waals surface area contributed by atoms with Crippen LogP contribution in [0.15, 0.2) is 29.5 Å². The van der Waals surface area contributed by atoms with Crippen LogP contribution < -0.4 is 4.90 Å². The first-order valence-corrected chi connectivity index (χ1v) is 7.25. The Balaban J connectivity index is 1.81. The second kappa shape index (κ2) is 6.44. The van der Waals surface area contributed by atoms with Crippen molar-refractivity contribution in [2.75, 3.05) is 18.0 Å². The van der Waals surface area contributed by atoms with Crippen LogP contribution in [-0.4, -0.2) is 28.1 Å². The summed E-state index contributed by atoms with van der Waals surface area (Å²) in [5.41, 5.74) is 10.1. The van der Waals surface area contributed by atoms with Crippen molar-refractivity contribution >= 4 is 5.69 Å². The number of azide groups is 1. The highest BCUT2D eigenvalue weighted by Crippen LogP contribution is 2.25. The average Bonchev–Trinajstić information content (AvgIpc) is 3.02. The molecule has 1 aromatic heterocycles. The molecule has 0 unspecified atom stereocenters. The first-order chi connectivity index (χ1) is 10.8. The summed E-state index contributed by atoms with van der Waals surface area (Å²) < 4.78 is 15.8. The lowest BCUT2D eigenvalue weighted by molar-refractivity contribution is 0.556. The van der Waals surface area contributed by atoms with E-state index in [1.807, 2.05) is 6.07 Å². The van der Waals surface area contributed by atoms with Gasteiger partial charge in [0.2, 0.25) is 0 Å². The smallest absolute Gasteiger partial charge is 0.148 e. The summed E-state index contributed by atoms with van der Waals surface area (Å²) in [5, 5.41) is 11.2. The minimum atomic E-state index is -0.258. The molecule has 1 fully saturated rings. The summed E-state index contributed by atoms with van der Waals surface area (Å²) in [4.78, 5) is 4.75. The lowest BCUT2D eigenvalue weighted by atomic mass is 10.1. The fraction of sp³-hybridized carbons (Fsp3) is 0.429. The van der Waals surface area contributed by atoms with E-state index in [4.69, 9.17) is 5.53 Å². The van der Waals surface area contributed by atoms with E-state index >= 15 is 0 Å². The Morgan fingerprint density at radius 3 is 2.82 bits per heavy atom. The van der Waals surface area contributed by atoms with Gasteiger partial charge in [0.15, 0.2) is 0 Å². The zero-order valence-corrected chi connectivity index (χ0v) is 12.1. The quantitative estimate of drug-likeness (QED) is 0.494. The molecule has 22 heavy (non-hydrogen) atoms. The Kier molecular flexibility index (Phi) is 4.20. The van der Waals surface area contributed by atoms with Crippen molar-refractivity contribution in [3.63, 3.8) is 0 Å². The summed E-state index contributed by atoms with van der Waals surface area (Å²) in [6.45, 7) is 1.93. The maximum absolute atomic E-state index is 14.4. The van der Waals surface area contributed by atoms with Crippen LogP contribution in [-0.2, 0) is 6.54 Å². The van der Waals surface area contributed by atoms with Gasteiger partial charge in [0.25, 0.3) is 0 Å². The zero-order valence-electron chi connectivity index (χ0n) is 12.1. The molecule has 2 heterocycles. The van der Waals surface area contributed by atoms with Crippen LogP contribution in [0, 0.1) is 5.82 Å². The largest absolute Gasteiger partial charge is 0.369 e. The van der Waals surface area contributed by atoms with E-state index in [2.05, 4.69) is 25.2 Å². The Labute approximate surface area is 127 Å². The number of aromatic nitrogens is 3. The number of halogens is 1. The molecule has 2 aromatic rings. The molecule has 1 aromatic carbocycles. The summed E-state index contributed by atoms with van der Waals surface area (Å²) >= 11 is 0. The van der Waals surface area contributed by atoms with Crippen LogP contribution in [0.3, 0.4) is 0 Å². The molecule has 1 saturated heterocycles. The summed E-state index contributed by atoms with van der Waals surface area (Å²) in [7, 11) is 0. The van der Waals surface area contributed by atoms with Crippen molar-refractivity contribution in [2.45, 2.75) is 25.8 Å². The topological polar surface area (TPSA) is 82.7 Å². The Hall–Kier alpha value is -2.60. The van der Waals surface area contributed by atoms with Gasteiger partial charge in [-0.2, -0.15) is 0 Å². The molecule has 8 heteroatoms. The van der Waals surface area contributed by atoms with Crippen molar-refractivity contribution < 1.29 is 4.39 Å². The van der Waals surface area contributed by atoms with Crippen molar-refractivity contribution in [3.8, 4) is 5.69 Å². The molecule has 0 spiro atoms. The van der Waals surface area contributed by atoms with Crippen LogP contribution in [0.25, 0.3) is 16.1 Å². The highest BCUT2D eigenvalue weighted by molar-refractivity contribution is 5.52. The third-order valence-corrected chi connectivity index (χ3v) is 3.73. The van der Waals surface area contributed by atoms with Gasteiger partial charge >= 0.3 is 0 Å². The van der Waals surface area contributed by atoms with Gasteiger partial charge in [-0.3, -0.25) is 0 Å². The van der Waals surface area contributed by atoms with Crippen LogP contribution in [0.2, 0.25) is 0 Å². The fourth-order valence-electron chi connectivity index (χ4n) is 2.63. The van der Waals surface area contributed by atoms with Crippen molar-refractivity contribution in [1.82, 2.24) is 15.0 Å². The normalized spacial score (nSPS) is 14.7. The molecule has 0 radical (unpaired) electrons. The van der Waals surface area contributed by atoms with Gasteiger partial charge in [0.05, 0.1) is 29.8 Å². The van der Waals surface area contributed by atoms with Gasteiger partial charge in [-0.15, -0.1) is 5.10 Å². The molecule has 3 rings (SSSR count). The van der Waals surface area contributed by atoms with Crippen LogP contribution in [0.4, 0.5) is 10.1 Å². The lowest BCUT2D eigenvalue weighted by Crippen LogP contribution is -2.30. The van der Waals surface area contributed by atoms with Gasteiger partial charge in [-0.25, -0.2) is 9.07 Å². The minimum Gasteiger partial charge on any atom is -0.369 e. The van der Waals surface area contributed by atoms with Gasteiger partial charge in [0.1, 0.15) is 5.82 Å². The maximum atomic E-state index is 14.4. The molecule has 0 amide bonds. The van der Waals surface area contributed by atoms with Gasteiger partial charge < -0.3 is 4.90 Å². The first kappa shape index (κ1) is 14.3. The summed E-state index contributed by atoms with van der Waals surface area (Å²) in [5.74, 6) is -0.258. The molecule has 0 atom stereocenters. The molecule has 1 aliphatic rings. The SMILES string of the molecule is [N-]=[N+]=NCc1cn(-c2ccc(N3CCCCC3)c(F)c2)nn1. The van der Waals surface area contributed by atoms with E-state index in [9.17, 15) is 4.39 Å². The molecule has 0 bridgehead atoms. The van der Waals surface area contributed by atoms with E-state index in [1.54, 1.807) is 12.3 Å². The number of hydrogen-bond donors (Lipinski definition) is 0. The summed E-state index contributed by atoms with van der Waals surface area (Å²) in [6.07, 6.45) is 5.05. The highest BCUT2D eigenvalue weighted by atomic mass is 19.1. The average molecular weight is 301 g/mol. The molecular weight excluding hydrogens is 285 g/mol. The first-order valence-electron chi connectivity index (χ1n) is 7.25. The van der Waals surface area contributed by atoms with Crippen molar-refractivity contribution in [3.05, 3.63) is 46.3 Å². The molecule has 0 aliphatic carbocycles. The van der Waals surface area contributed by atoms with E-state index in [0.717, 1.165) is 25.9 Å². The van der Waals surface area contributed by atoms with Crippen LogP contribution in [0.5, 0.6) is 0 Å². The predicted molar refractivity (Wildman–Crippen MR) is 80.2 cm³/mol. The second-order valence-electron chi connectivity index (χ2n) is 5.23. The van der Waals surface area contributed by atoms with Crippen molar-refractivity contribution in [1.29, 1.82) is 0 Å². The number of piperidine rings is 1. The Morgan fingerprint density at radius 1 is 1.27 bits per heavy atom. The van der Waals surface area contributed by atoms with Crippen LogP contribution in [0.1, 0.15) is 25.0 Å². The van der Waals surface area contributed by atoms with E-state index in [0.29, 0.717) is 17.1 Å². The predicted octanol–water partition coefficient (Wildman–Crippen LogP) is 3.21. The number of hydrogen-bond acceptors (Lipinski definition) is 4.